The van der Waals surface area contributed by atoms with Crippen LogP contribution in [-0.2, 0) is 27.1 Å². The molecule has 5 aromatic carbocycles. The van der Waals surface area contributed by atoms with E-state index in [4.69, 9.17) is 0 Å². The third-order valence-corrected chi connectivity index (χ3v) is 18.1. The highest BCUT2D eigenvalue weighted by Crippen LogP contribution is 2.70. The molecule has 4 saturated carbocycles. The lowest BCUT2D eigenvalue weighted by Crippen LogP contribution is -2.57. The quantitative estimate of drug-likeness (QED) is 0.179. The van der Waals surface area contributed by atoms with Crippen molar-refractivity contribution >= 4 is 28.8 Å². The van der Waals surface area contributed by atoms with Gasteiger partial charge in [0.25, 0.3) is 0 Å². The van der Waals surface area contributed by atoms with Crippen molar-refractivity contribution in [2.75, 3.05) is 4.90 Å². The van der Waals surface area contributed by atoms with E-state index in [0.717, 1.165) is 11.8 Å². The summed E-state index contributed by atoms with van der Waals surface area (Å²) in [5.74, 6) is 3.20. The Labute approximate surface area is 353 Å². The van der Waals surface area contributed by atoms with Crippen LogP contribution in [0.25, 0.3) is 11.1 Å². The highest BCUT2D eigenvalue weighted by molar-refractivity contribution is 7.99. The van der Waals surface area contributed by atoms with Gasteiger partial charge in [-0.1, -0.05) is 140 Å². The maximum atomic E-state index is 2.75. The van der Waals surface area contributed by atoms with Crippen molar-refractivity contribution in [2.45, 2.75) is 150 Å². The Hall–Kier alpha value is -3.75. The molecule has 58 heavy (non-hydrogen) atoms. The molecule has 0 unspecified atom stereocenters. The summed E-state index contributed by atoms with van der Waals surface area (Å²) in [5.41, 5.74) is 16.7. The van der Waals surface area contributed by atoms with Crippen LogP contribution in [0.5, 0.6) is 0 Å². The van der Waals surface area contributed by atoms with Gasteiger partial charge in [-0.3, -0.25) is 0 Å². The molecule has 5 aromatic rings. The highest BCUT2D eigenvalue weighted by Gasteiger charge is 2.61. The van der Waals surface area contributed by atoms with E-state index in [1.807, 2.05) is 0 Å². The van der Waals surface area contributed by atoms with Gasteiger partial charge in [0.1, 0.15) is 0 Å². The van der Waals surface area contributed by atoms with Crippen molar-refractivity contribution in [1.29, 1.82) is 0 Å². The Morgan fingerprint density at radius 1 is 0.466 bits per heavy atom. The molecule has 12 rings (SSSR count). The first-order chi connectivity index (χ1) is 27.7. The summed E-state index contributed by atoms with van der Waals surface area (Å²) in [6.07, 6.45) is 11.8. The fourth-order valence-electron chi connectivity index (χ4n) is 14.2. The first-order valence-corrected chi connectivity index (χ1v) is 23.6. The third kappa shape index (κ3) is 5.28. The van der Waals surface area contributed by atoms with E-state index in [1.165, 1.54) is 118 Å². The lowest BCUT2D eigenvalue weighted by Gasteiger charge is -2.63. The lowest BCUT2D eigenvalue weighted by atomic mass is 9.41. The van der Waals surface area contributed by atoms with Crippen molar-refractivity contribution in [3.8, 4) is 11.1 Å². The topological polar surface area (TPSA) is 3.24 Å². The summed E-state index contributed by atoms with van der Waals surface area (Å²) < 4.78 is 0. The fourth-order valence-corrected chi connectivity index (χ4v) is 15.5. The van der Waals surface area contributed by atoms with Crippen LogP contribution in [0.4, 0.5) is 17.1 Å². The van der Waals surface area contributed by atoms with Crippen molar-refractivity contribution in [3.63, 3.8) is 0 Å². The molecule has 6 aliphatic carbocycles. The minimum atomic E-state index is 0.0506. The van der Waals surface area contributed by atoms with Gasteiger partial charge in [0.05, 0.1) is 11.4 Å². The van der Waals surface area contributed by atoms with E-state index >= 15 is 0 Å². The zero-order chi connectivity index (χ0) is 40.0. The minimum Gasteiger partial charge on any atom is -0.310 e. The molecule has 7 aliphatic rings. The van der Waals surface area contributed by atoms with Crippen molar-refractivity contribution < 1.29 is 0 Å². The zero-order valence-corrected chi connectivity index (χ0v) is 37.2. The molecule has 4 bridgehead atoms. The van der Waals surface area contributed by atoms with Gasteiger partial charge >= 0.3 is 0 Å². The Bertz CT molecular complexity index is 2350. The fraction of sp³-hybridized carbons (Fsp3) is 0.464. The van der Waals surface area contributed by atoms with Gasteiger partial charge in [0, 0.05) is 20.9 Å². The number of rotatable bonds is 4. The maximum Gasteiger partial charge on any atom is 0.0502 e. The molecule has 1 nitrogen and oxygen atoms in total. The number of hydrogen-bond acceptors (Lipinski definition) is 2. The smallest absolute Gasteiger partial charge is 0.0502 e. The summed E-state index contributed by atoms with van der Waals surface area (Å²) in [7, 11) is 0. The first kappa shape index (κ1) is 37.3. The molecule has 2 heteroatoms. The van der Waals surface area contributed by atoms with Crippen LogP contribution in [0, 0.1) is 23.7 Å². The molecule has 1 heterocycles. The van der Waals surface area contributed by atoms with Crippen LogP contribution in [0.15, 0.2) is 113 Å². The first-order valence-electron chi connectivity index (χ1n) is 22.8. The molecule has 4 fully saturated rings. The molecular weight excluding hydrogens is 719 g/mol. The average molecular weight is 782 g/mol. The van der Waals surface area contributed by atoms with E-state index in [0.29, 0.717) is 11.8 Å². The summed E-state index contributed by atoms with van der Waals surface area (Å²) in [5, 5.41) is 0. The van der Waals surface area contributed by atoms with Crippen molar-refractivity contribution in [2.24, 2.45) is 23.7 Å². The third-order valence-electron chi connectivity index (χ3n) is 17.0. The maximum absolute atomic E-state index is 2.75. The van der Waals surface area contributed by atoms with Gasteiger partial charge in [-0.2, -0.15) is 0 Å². The van der Waals surface area contributed by atoms with Gasteiger partial charge in [0.2, 0.25) is 0 Å². The molecule has 298 valence electrons. The summed E-state index contributed by atoms with van der Waals surface area (Å²) in [4.78, 5) is 5.73. The van der Waals surface area contributed by atoms with Crippen molar-refractivity contribution in [3.05, 3.63) is 137 Å². The Kier molecular flexibility index (Phi) is 8.12. The monoisotopic (exact) mass is 781 g/mol. The summed E-state index contributed by atoms with van der Waals surface area (Å²) >= 11 is 2.06. The molecule has 0 saturated heterocycles. The predicted molar refractivity (Wildman–Crippen MR) is 246 cm³/mol. The van der Waals surface area contributed by atoms with Crippen LogP contribution in [0.2, 0.25) is 0 Å². The predicted octanol–water partition coefficient (Wildman–Crippen LogP) is 15.7. The lowest BCUT2D eigenvalue weighted by molar-refractivity contribution is -0.0441. The number of hydrogen-bond donors (Lipinski definition) is 0. The number of nitrogens with zero attached hydrogens (tertiary/aromatic N) is 1. The molecular formula is C56H63NS. The van der Waals surface area contributed by atoms with Gasteiger partial charge < -0.3 is 4.90 Å². The van der Waals surface area contributed by atoms with Gasteiger partial charge in [-0.15, -0.1) is 0 Å². The Morgan fingerprint density at radius 2 is 1.00 bits per heavy atom. The van der Waals surface area contributed by atoms with Crippen LogP contribution in [0.3, 0.4) is 0 Å². The second-order valence-electron chi connectivity index (χ2n) is 22.3. The van der Waals surface area contributed by atoms with E-state index in [-0.39, 0.29) is 27.1 Å². The molecule has 0 radical (unpaired) electrons. The standard InChI is InChI=1S/C56H63NS/c1-52(2)25-27-54(5,6)50-43(52)18-13-20-45(50)57(46-21-14-19-44-51(46)55(7,8)28-26-53(44,3)4)40-23-24-42-48(34-40)58-47-22-12-17-41(37-15-10-9-11-16-37)49(47)56(42)38-30-35-29-36(32-38)33-39(56)31-35/h9-24,34-36,38-39H,25-33H2,1-8H3. The van der Waals surface area contributed by atoms with Crippen LogP contribution >= 0.6 is 11.8 Å². The Balaban J connectivity index is 1.18. The zero-order valence-electron chi connectivity index (χ0n) is 36.3. The van der Waals surface area contributed by atoms with E-state index in [1.54, 1.807) is 11.1 Å². The molecule has 0 amide bonds. The second kappa shape index (κ2) is 12.6. The largest absolute Gasteiger partial charge is 0.310 e. The SMILES string of the molecule is CC1(C)CCC(C)(C)c2c(N(c3ccc4c(c3)Sc3cccc(-c5ccccc5)c3C43C4CC5CC(C4)CC3C5)c3cccc4c3C(C)(C)CCC4(C)C)cccc21. The summed E-state index contributed by atoms with van der Waals surface area (Å²) in [6.45, 7) is 20.0. The molecule has 1 aliphatic heterocycles. The average Bonchev–Trinajstić information content (AvgIpc) is 3.20. The van der Waals surface area contributed by atoms with E-state index < -0.39 is 0 Å². The van der Waals surface area contributed by atoms with Crippen LogP contribution in [0.1, 0.15) is 147 Å². The number of fused-ring (bicyclic) bond motifs is 4. The van der Waals surface area contributed by atoms with Gasteiger partial charge in [-0.25, -0.2) is 0 Å². The number of benzene rings is 5. The molecule has 0 aromatic heterocycles. The summed E-state index contributed by atoms with van der Waals surface area (Å²) in [6, 6.07) is 41.1. The van der Waals surface area contributed by atoms with Gasteiger partial charge in [-0.05, 0) is 178 Å². The normalized spacial score (nSPS) is 28.6. The number of anilines is 3. The molecule has 1 spiro atoms. The van der Waals surface area contributed by atoms with Crippen LogP contribution in [-0.4, -0.2) is 0 Å². The van der Waals surface area contributed by atoms with E-state index in [2.05, 4.69) is 175 Å². The second-order valence-corrected chi connectivity index (χ2v) is 23.4. The van der Waals surface area contributed by atoms with E-state index in [9.17, 15) is 0 Å². The van der Waals surface area contributed by atoms with Crippen LogP contribution < -0.4 is 4.90 Å². The minimum absolute atomic E-state index is 0.0506. The molecule has 0 N–H and O–H groups in total. The van der Waals surface area contributed by atoms with Gasteiger partial charge in [0.15, 0.2) is 0 Å². The molecule has 0 atom stereocenters. The highest BCUT2D eigenvalue weighted by atomic mass is 32.2. The van der Waals surface area contributed by atoms with Crippen molar-refractivity contribution in [1.82, 2.24) is 0 Å². The Morgan fingerprint density at radius 3 is 1.57 bits per heavy atom.